The Balaban J connectivity index is 0.00000147. The number of non-ortho nitro benzene ring substituents is 1. The van der Waals surface area contributed by atoms with E-state index in [9.17, 15) is 14.9 Å². The number of piperidine rings is 1. The van der Waals surface area contributed by atoms with Crippen molar-refractivity contribution in [2.24, 2.45) is 11.8 Å². The number of nitro groups is 1. The summed E-state index contributed by atoms with van der Waals surface area (Å²) < 4.78 is 0. The number of carbonyl (C=O) groups is 1. The Labute approximate surface area is 122 Å². The monoisotopic (exact) mass is 297 g/mol. The molecule has 1 aliphatic carbocycles. The average Bonchev–Trinajstić information content (AvgIpc) is 2.84. The minimum atomic E-state index is -0.442. The molecule has 7 heteroatoms. The molecule has 3 rings (SSSR count). The van der Waals surface area contributed by atoms with Crippen LogP contribution in [-0.4, -0.2) is 30.0 Å². The lowest BCUT2D eigenvalue weighted by atomic mass is 10.1. The van der Waals surface area contributed by atoms with Crippen molar-refractivity contribution in [2.45, 2.75) is 12.5 Å². The maximum atomic E-state index is 11.8. The van der Waals surface area contributed by atoms with E-state index in [-0.39, 0.29) is 30.4 Å². The van der Waals surface area contributed by atoms with Crippen LogP contribution in [0.15, 0.2) is 24.3 Å². The fourth-order valence-electron chi connectivity index (χ4n) is 2.79. The molecular weight excluding hydrogens is 282 g/mol. The number of hydrogen-bond donors (Lipinski definition) is 2. The van der Waals surface area contributed by atoms with Crippen molar-refractivity contribution in [3.8, 4) is 0 Å². The summed E-state index contributed by atoms with van der Waals surface area (Å²) >= 11 is 0. The predicted octanol–water partition coefficient (Wildman–Crippen LogP) is 0.893. The highest BCUT2D eigenvalue weighted by Gasteiger charge is 2.53. The van der Waals surface area contributed by atoms with Gasteiger partial charge < -0.3 is 10.6 Å². The second-order valence-electron chi connectivity index (χ2n) is 5.18. The third-order valence-corrected chi connectivity index (χ3v) is 3.93. The van der Waals surface area contributed by atoms with Crippen LogP contribution in [0.5, 0.6) is 0 Å². The Hall–Kier alpha value is -1.66. The van der Waals surface area contributed by atoms with E-state index in [1.54, 1.807) is 12.1 Å². The number of fused-ring (bicyclic) bond motifs is 1. The molecule has 6 nitrogen and oxygen atoms in total. The Kier molecular flexibility index (Phi) is 4.25. The molecule has 2 aliphatic rings. The summed E-state index contributed by atoms with van der Waals surface area (Å²) in [6.07, 6.45) is 0.279. The molecule has 2 unspecified atom stereocenters. The van der Waals surface area contributed by atoms with Gasteiger partial charge in [-0.3, -0.25) is 14.9 Å². The van der Waals surface area contributed by atoms with Crippen molar-refractivity contribution in [3.63, 3.8) is 0 Å². The van der Waals surface area contributed by atoms with Crippen LogP contribution in [-0.2, 0) is 11.2 Å². The van der Waals surface area contributed by atoms with Crippen LogP contribution in [0, 0.1) is 22.0 Å². The smallest absolute Gasteiger partial charge is 0.269 e. The van der Waals surface area contributed by atoms with Gasteiger partial charge in [0.15, 0.2) is 0 Å². The van der Waals surface area contributed by atoms with Crippen LogP contribution >= 0.6 is 12.4 Å². The van der Waals surface area contributed by atoms with Gasteiger partial charge in [-0.05, 0) is 17.4 Å². The van der Waals surface area contributed by atoms with E-state index in [1.807, 2.05) is 0 Å². The van der Waals surface area contributed by atoms with E-state index in [2.05, 4.69) is 10.6 Å². The maximum Gasteiger partial charge on any atom is 0.269 e. The van der Waals surface area contributed by atoms with Crippen molar-refractivity contribution in [1.82, 2.24) is 10.6 Å². The largest absolute Gasteiger partial charge is 0.352 e. The second kappa shape index (κ2) is 5.76. The Morgan fingerprint density at radius 3 is 2.45 bits per heavy atom. The number of hydrogen-bond acceptors (Lipinski definition) is 4. The van der Waals surface area contributed by atoms with Crippen LogP contribution in [0.4, 0.5) is 5.69 Å². The zero-order valence-electron chi connectivity index (χ0n) is 10.7. The summed E-state index contributed by atoms with van der Waals surface area (Å²) in [6, 6.07) is 6.45. The first-order valence-corrected chi connectivity index (χ1v) is 6.38. The van der Waals surface area contributed by atoms with Crippen LogP contribution in [0.1, 0.15) is 5.56 Å². The molecule has 0 radical (unpaired) electrons. The van der Waals surface area contributed by atoms with E-state index in [0.29, 0.717) is 17.9 Å². The van der Waals surface area contributed by atoms with Crippen molar-refractivity contribution < 1.29 is 9.72 Å². The quantitative estimate of drug-likeness (QED) is 0.638. The molecule has 1 aromatic rings. The first-order valence-electron chi connectivity index (χ1n) is 6.38. The molecule has 1 saturated carbocycles. The summed E-state index contributed by atoms with van der Waals surface area (Å²) in [5.41, 5.74) is 0.846. The maximum absolute atomic E-state index is 11.8. The highest BCUT2D eigenvalue weighted by Crippen LogP contribution is 2.41. The molecule has 1 aliphatic heterocycles. The molecule has 0 aromatic heterocycles. The zero-order valence-corrected chi connectivity index (χ0v) is 11.6. The Morgan fingerprint density at radius 2 is 1.90 bits per heavy atom. The lowest BCUT2D eigenvalue weighted by Crippen LogP contribution is -2.33. The van der Waals surface area contributed by atoms with E-state index in [4.69, 9.17) is 0 Å². The molecule has 2 atom stereocenters. The van der Waals surface area contributed by atoms with Gasteiger partial charge in [0.1, 0.15) is 0 Å². The van der Waals surface area contributed by atoms with Crippen LogP contribution in [0.2, 0.25) is 0 Å². The molecule has 108 valence electrons. The molecule has 2 N–H and O–H groups in total. The number of nitro benzene ring substituents is 1. The molecule has 2 fully saturated rings. The standard InChI is InChI=1S/C13H15N3O3.ClH/c17-12(15-13-10-6-14-7-11(10)13)5-8-1-3-9(4-2-8)16(18)19;/h1-4,10-11,13-14H,5-7H2,(H,15,17);1H. The zero-order chi connectivity index (χ0) is 13.4. The number of carbonyl (C=O) groups excluding carboxylic acids is 1. The first kappa shape index (κ1) is 14.7. The molecule has 1 aromatic carbocycles. The van der Waals surface area contributed by atoms with Crippen LogP contribution in [0.3, 0.4) is 0 Å². The highest BCUT2D eigenvalue weighted by molar-refractivity contribution is 5.85. The topological polar surface area (TPSA) is 84.3 Å². The van der Waals surface area contributed by atoms with Crippen molar-refractivity contribution in [1.29, 1.82) is 0 Å². The summed E-state index contributed by atoms with van der Waals surface area (Å²) in [5, 5.41) is 16.8. The molecule has 1 saturated heterocycles. The van der Waals surface area contributed by atoms with Gasteiger partial charge in [0.2, 0.25) is 5.91 Å². The van der Waals surface area contributed by atoms with Crippen molar-refractivity contribution in [2.75, 3.05) is 13.1 Å². The van der Waals surface area contributed by atoms with E-state index < -0.39 is 4.92 Å². The average molecular weight is 298 g/mol. The van der Waals surface area contributed by atoms with Crippen molar-refractivity contribution >= 4 is 24.0 Å². The van der Waals surface area contributed by atoms with Gasteiger partial charge in [-0.2, -0.15) is 0 Å². The van der Waals surface area contributed by atoms with Gasteiger partial charge >= 0.3 is 0 Å². The first-order chi connectivity index (χ1) is 9.15. The summed E-state index contributed by atoms with van der Waals surface area (Å²) in [7, 11) is 0. The molecular formula is C13H16ClN3O3. The van der Waals surface area contributed by atoms with Gasteiger partial charge in [0, 0.05) is 31.3 Å². The SMILES string of the molecule is Cl.O=C(Cc1ccc([N+](=O)[O-])cc1)NC1C2CNCC21. The molecule has 1 heterocycles. The van der Waals surface area contributed by atoms with Gasteiger partial charge in [-0.15, -0.1) is 12.4 Å². The van der Waals surface area contributed by atoms with Crippen LogP contribution in [0.25, 0.3) is 0 Å². The fourth-order valence-corrected chi connectivity index (χ4v) is 2.79. The lowest BCUT2D eigenvalue weighted by Gasteiger charge is -2.07. The second-order valence-corrected chi connectivity index (χ2v) is 5.18. The van der Waals surface area contributed by atoms with Gasteiger partial charge in [0.25, 0.3) is 5.69 Å². The van der Waals surface area contributed by atoms with Gasteiger partial charge in [-0.25, -0.2) is 0 Å². The molecule has 1 amide bonds. The number of nitrogens with zero attached hydrogens (tertiary/aromatic N) is 1. The summed E-state index contributed by atoms with van der Waals surface area (Å²) in [5.74, 6) is 1.19. The van der Waals surface area contributed by atoms with Gasteiger partial charge in [-0.1, -0.05) is 12.1 Å². The number of rotatable bonds is 4. The highest BCUT2D eigenvalue weighted by atomic mass is 35.5. The van der Waals surface area contributed by atoms with Crippen molar-refractivity contribution in [3.05, 3.63) is 39.9 Å². The summed E-state index contributed by atoms with van der Waals surface area (Å²) in [6.45, 7) is 1.99. The third-order valence-electron chi connectivity index (χ3n) is 3.93. The lowest BCUT2D eigenvalue weighted by molar-refractivity contribution is -0.384. The normalized spacial score (nSPS) is 26.3. The van der Waals surface area contributed by atoms with E-state index in [1.165, 1.54) is 12.1 Å². The van der Waals surface area contributed by atoms with Crippen LogP contribution < -0.4 is 10.6 Å². The van der Waals surface area contributed by atoms with Gasteiger partial charge in [0.05, 0.1) is 11.3 Å². The predicted molar refractivity (Wildman–Crippen MR) is 75.8 cm³/mol. The minimum Gasteiger partial charge on any atom is -0.352 e. The minimum absolute atomic E-state index is 0. The Bertz CT molecular complexity index is 510. The number of benzene rings is 1. The Morgan fingerprint density at radius 1 is 1.30 bits per heavy atom. The third kappa shape index (κ3) is 2.91. The van der Waals surface area contributed by atoms with E-state index in [0.717, 1.165) is 18.7 Å². The fraction of sp³-hybridized carbons (Fsp3) is 0.462. The number of nitrogens with one attached hydrogen (secondary N) is 2. The number of halogens is 1. The molecule has 20 heavy (non-hydrogen) atoms. The molecule has 0 bridgehead atoms. The molecule has 0 spiro atoms. The van der Waals surface area contributed by atoms with E-state index >= 15 is 0 Å². The number of amides is 1. The summed E-state index contributed by atoms with van der Waals surface area (Å²) in [4.78, 5) is 21.9.